The van der Waals surface area contributed by atoms with Crippen molar-refractivity contribution in [3.05, 3.63) is 29.7 Å². The molecule has 1 aliphatic heterocycles. The van der Waals surface area contributed by atoms with Gasteiger partial charge in [-0.25, -0.2) is 14.2 Å². The van der Waals surface area contributed by atoms with E-state index in [4.69, 9.17) is 15.1 Å². The second kappa shape index (κ2) is 8.12. The lowest BCUT2D eigenvalue weighted by molar-refractivity contribution is 0.193. The predicted octanol–water partition coefficient (Wildman–Crippen LogP) is 1.35. The first-order valence-electron chi connectivity index (χ1n) is 8.40. The van der Waals surface area contributed by atoms with E-state index in [0.29, 0.717) is 54.2 Å². The number of hydrogen-bond acceptors (Lipinski definition) is 7. The molecule has 1 saturated heterocycles. The normalized spacial score (nSPS) is 18.9. The molecule has 3 N–H and O–H groups in total. The van der Waals surface area contributed by atoms with Gasteiger partial charge in [-0.3, -0.25) is 9.88 Å². The zero-order valence-corrected chi connectivity index (χ0v) is 14.7. The monoisotopic (exact) mass is 377 g/mol. The van der Waals surface area contributed by atoms with Gasteiger partial charge in [0.1, 0.15) is 5.82 Å². The third-order valence-corrected chi connectivity index (χ3v) is 4.59. The molecule has 3 rings (SSSR count). The van der Waals surface area contributed by atoms with Crippen molar-refractivity contribution in [2.45, 2.75) is 6.42 Å². The van der Waals surface area contributed by atoms with Crippen LogP contribution in [0.2, 0.25) is 0 Å². The summed E-state index contributed by atoms with van der Waals surface area (Å²) in [7, 11) is 1.49. The van der Waals surface area contributed by atoms with E-state index in [1.54, 1.807) is 12.1 Å². The van der Waals surface area contributed by atoms with Crippen LogP contribution in [0.1, 0.15) is 5.56 Å². The molecule has 0 bridgehead atoms. The SMILES string of the molecule is COc1ccc2ncc(F)c(CCN3C/C(=N\O)[C@H](CNC(=O)O)C3)c2n1. The Morgan fingerprint density at radius 2 is 2.33 bits per heavy atom. The van der Waals surface area contributed by atoms with Crippen molar-refractivity contribution >= 4 is 22.8 Å². The van der Waals surface area contributed by atoms with Crippen LogP contribution >= 0.6 is 0 Å². The first kappa shape index (κ1) is 18.8. The van der Waals surface area contributed by atoms with Crippen LogP contribution in [0.3, 0.4) is 0 Å². The molecule has 27 heavy (non-hydrogen) atoms. The molecule has 3 heterocycles. The maximum Gasteiger partial charge on any atom is 0.404 e. The lowest BCUT2D eigenvalue weighted by atomic mass is 10.1. The maximum absolute atomic E-state index is 14.4. The van der Waals surface area contributed by atoms with Crippen LogP contribution < -0.4 is 10.1 Å². The van der Waals surface area contributed by atoms with Gasteiger partial charge in [-0.2, -0.15) is 0 Å². The summed E-state index contributed by atoms with van der Waals surface area (Å²) in [5.74, 6) is -0.280. The number of halogens is 1. The van der Waals surface area contributed by atoms with E-state index >= 15 is 0 Å². The quantitative estimate of drug-likeness (QED) is 0.513. The summed E-state index contributed by atoms with van der Waals surface area (Å²) in [4.78, 5) is 21.0. The fraction of sp³-hybridized carbons (Fsp3) is 0.412. The van der Waals surface area contributed by atoms with E-state index < -0.39 is 11.9 Å². The van der Waals surface area contributed by atoms with E-state index in [9.17, 15) is 9.18 Å². The van der Waals surface area contributed by atoms with Crippen molar-refractivity contribution in [3.8, 4) is 5.88 Å². The molecule has 1 atom stereocenters. The number of aromatic nitrogens is 2. The smallest absolute Gasteiger partial charge is 0.404 e. The maximum atomic E-state index is 14.4. The third kappa shape index (κ3) is 4.22. The Balaban J connectivity index is 1.73. The van der Waals surface area contributed by atoms with Gasteiger partial charge in [-0.15, -0.1) is 0 Å². The molecule has 0 aromatic carbocycles. The zero-order chi connectivity index (χ0) is 19.4. The molecule has 0 unspecified atom stereocenters. The number of fused-ring (bicyclic) bond motifs is 1. The number of oxime groups is 1. The lowest BCUT2D eigenvalue weighted by Crippen LogP contribution is -2.32. The van der Waals surface area contributed by atoms with Gasteiger partial charge >= 0.3 is 6.09 Å². The van der Waals surface area contributed by atoms with E-state index in [-0.39, 0.29) is 12.5 Å². The highest BCUT2D eigenvalue weighted by molar-refractivity contribution is 5.90. The minimum absolute atomic E-state index is 0.163. The molecule has 2 aromatic rings. The van der Waals surface area contributed by atoms with Crippen molar-refractivity contribution in [2.75, 3.05) is 33.3 Å². The summed E-state index contributed by atoms with van der Waals surface area (Å²) >= 11 is 0. The summed E-state index contributed by atoms with van der Waals surface area (Å²) < 4.78 is 19.5. The highest BCUT2D eigenvalue weighted by Crippen LogP contribution is 2.22. The van der Waals surface area contributed by atoms with Gasteiger partial charge < -0.3 is 20.4 Å². The Kier molecular flexibility index (Phi) is 5.65. The van der Waals surface area contributed by atoms with Crippen LogP contribution in [-0.4, -0.2) is 70.3 Å². The van der Waals surface area contributed by atoms with Crippen LogP contribution in [0.25, 0.3) is 11.0 Å². The molecule has 0 aliphatic carbocycles. The van der Waals surface area contributed by atoms with Gasteiger partial charge in [0.2, 0.25) is 5.88 Å². The zero-order valence-electron chi connectivity index (χ0n) is 14.7. The number of carboxylic acid groups (broad SMARTS) is 1. The molecule has 2 aromatic heterocycles. The minimum atomic E-state index is -1.13. The second-order valence-corrected chi connectivity index (χ2v) is 6.27. The molecule has 10 heteroatoms. The van der Waals surface area contributed by atoms with Crippen molar-refractivity contribution in [2.24, 2.45) is 11.1 Å². The molecule has 1 amide bonds. The molecule has 9 nitrogen and oxygen atoms in total. The molecular weight excluding hydrogens is 357 g/mol. The van der Waals surface area contributed by atoms with E-state index in [0.717, 1.165) is 0 Å². The molecule has 144 valence electrons. The number of carbonyl (C=O) groups is 1. The van der Waals surface area contributed by atoms with Crippen molar-refractivity contribution in [3.63, 3.8) is 0 Å². The number of methoxy groups -OCH3 is 1. The van der Waals surface area contributed by atoms with Crippen molar-refractivity contribution < 1.29 is 24.2 Å². The van der Waals surface area contributed by atoms with Gasteiger partial charge in [0.25, 0.3) is 0 Å². The number of nitrogens with zero attached hydrogens (tertiary/aromatic N) is 4. The largest absolute Gasteiger partial charge is 0.481 e. The molecule has 1 fully saturated rings. The van der Waals surface area contributed by atoms with Crippen molar-refractivity contribution in [1.29, 1.82) is 0 Å². The van der Waals surface area contributed by atoms with Crippen LogP contribution in [0, 0.1) is 11.7 Å². The molecule has 0 radical (unpaired) electrons. The molecule has 1 aliphatic rings. The van der Waals surface area contributed by atoms with E-state index in [1.807, 2.05) is 4.90 Å². The predicted molar refractivity (Wildman–Crippen MR) is 94.9 cm³/mol. The van der Waals surface area contributed by atoms with Gasteiger partial charge in [0, 0.05) is 43.7 Å². The molecule has 0 saturated carbocycles. The molecular formula is C17H20FN5O4. The first-order valence-corrected chi connectivity index (χ1v) is 8.40. The minimum Gasteiger partial charge on any atom is -0.481 e. The first-order chi connectivity index (χ1) is 13.0. The Morgan fingerprint density at radius 3 is 3.04 bits per heavy atom. The summed E-state index contributed by atoms with van der Waals surface area (Å²) in [5.41, 5.74) is 1.97. The summed E-state index contributed by atoms with van der Waals surface area (Å²) in [6, 6.07) is 3.39. The van der Waals surface area contributed by atoms with Gasteiger partial charge in [-0.1, -0.05) is 5.16 Å². The average Bonchev–Trinajstić information content (AvgIpc) is 3.07. The van der Waals surface area contributed by atoms with Gasteiger partial charge in [0.15, 0.2) is 0 Å². The number of nitrogens with one attached hydrogen (secondary N) is 1. The standard InChI is InChI=1S/C17H20FN5O4/c1-27-15-3-2-13-16(21-15)11(12(18)7-19-13)4-5-23-8-10(6-20-17(24)25)14(9-23)22-26/h2-3,7,10,20,26H,4-6,8-9H2,1H3,(H,24,25)/b22-14+/t10-/m1/s1. The number of hydrogen-bond donors (Lipinski definition) is 3. The molecule has 0 spiro atoms. The number of amides is 1. The number of ether oxygens (including phenoxy) is 1. The second-order valence-electron chi connectivity index (χ2n) is 6.27. The van der Waals surface area contributed by atoms with Crippen LogP contribution in [0.5, 0.6) is 5.88 Å². The highest BCUT2D eigenvalue weighted by atomic mass is 19.1. The van der Waals surface area contributed by atoms with E-state index in [1.165, 1.54) is 13.3 Å². The fourth-order valence-electron chi connectivity index (χ4n) is 3.22. The Morgan fingerprint density at radius 1 is 1.52 bits per heavy atom. The van der Waals surface area contributed by atoms with Crippen LogP contribution in [0.15, 0.2) is 23.5 Å². The van der Waals surface area contributed by atoms with Gasteiger partial charge in [0.05, 0.1) is 30.1 Å². The summed E-state index contributed by atoms with van der Waals surface area (Å²) in [5, 5.41) is 23.4. The Hall–Kier alpha value is -3.01. The topological polar surface area (TPSA) is 120 Å². The number of likely N-dealkylation sites (tertiary alicyclic amines) is 1. The summed E-state index contributed by atoms with van der Waals surface area (Å²) in [6.45, 7) is 1.57. The van der Waals surface area contributed by atoms with E-state index in [2.05, 4.69) is 20.4 Å². The van der Waals surface area contributed by atoms with Crippen LogP contribution in [-0.2, 0) is 6.42 Å². The summed E-state index contributed by atoms with van der Waals surface area (Å²) in [6.07, 6.45) is 0.426. The number of rotatable bonds is 6. The fourth-order valence-corrected chi connectivity index (χ4v) is 3.22. The van der Waals surface area contributed by atoms with Gasteiger partial charge in [-0.05, 0) is 12.5 Å². The lowest BCUT2D eigenvalue weighted by Gasteiger charge is -2.16. The van der Waals surface area contributed by atoms with Crippen molar-refractivity contribution in [1.82, 2.24) is 20.2 Å². The third-order valence-electron chi connectivity index (χ3n) is 4.59. The highest BCUT2D eigenvalue weighted by Gasteiger charge is 2.30. The number of pyridine rings is 2. The average molecular weight is 377 g/mol. The van der Waals surface area contributed by atoms with Crippen LogP contribution in [0.4, 0.5) is 9.18 Å². The Labute approximate surface area is 154 Å². The Bertz CT molecular complexity index is 876.